The van der Waals surface area contributed by atoms with Crippen molar-refractivity contribution < 1.29 is 49.9 Å². The van der Waals surface area contributed by atoms with Crippen LogP contribution in [-0.2, 0) is 9.47 Å². The summed E-state index contributed by atoms with van der Waals surface area (Å²) in [4.78, 5) is 0. The zero-order valence-electron chi connectivity index (χ0n) is 14.5. The minimum Gasteiger partial charge on any atom is -0.382 e. The van der Waals surface area contributed by atoms with Gasteiger partial charge in [-0.2, -0.15) is 41.5 Å². The molecule has 1 saturated carbocycles. The first-order chi connectivity index (χ1) is 8.88. The third-order valence-electron chi connectivity index (χ3n) is 1.05. The Kier molecular flexibility index (Phi) is 41.6. The Labute approximate surface area is 161 Å². The van der Waals surface area contributed by atoms with E-state index in [1.54, 1.807) is 14.2 Å². The molecular weight excluding hydrogens is 387 g/mol. The van der Waals surface area contributed by atoms with E-state index in [-0.39, 0.29) is 40.4 Å². The van der Waals surface area contributed by atoms with Gasteiger partial charge in [0.1, 0.15) is 0 Å². The molecule has 0 amide bonds. The van der Waals surface area contributed by atoms with Crippen LogP contribution < -0.4 is 0 Å². The summed E-state index contributed by atoms with van der Waals surface area (Å²) >= 11 is 0. The Hall–Kier alpha value is 1.26. The first-order valence-electron chi connectivity index (χ1n) is 6.56. The smallest absolute Gasteiger partial charge is 0.382 e. The summed E-state index contributed by atoms with van der Waals surface area (Å²) in [6.07, 6.45) is 10.0. The van der Waals surface area contributed by atoms with Gasteiger partial charge in [0.25, 0.3) is 0 Å². The molecular formula is C17H33O2Sm+. The van der Waals surface area contributed by atoms with Crippen LogP contribution >= 0.6 is 0 Å². The maximum absolute atomic E-state index is 4.66. The SMILES string of the molecule is COCCOC.C[C-](C)C.C[C-](C)C.[CH]1[CH][CH][CH][CH]1.[Sm+3]. The summed E-state index contributed by atoms with van der Waals surface area (Å²) in [6.45, 7) is 13.9. The van der Waals surface area contributed by atoms with Crippen molar-refractivity contribution in [3.63, 3.8) is 0 Å². The molecule has 1 rings (SSSR count). The van der Waals surface area contributed by atoms with E-state index >= 15 is 0 Å². The van der Waals surface area contributed by atoms with Crippen LogP contribution in [0.4, 0.5) is 0 Å². The maximum atomic E-state index is 4.66. The molecule has 0 aliphatic heterocycles. The summed E-state index contributed by atoms with van der Waals surface area (Å²) in [5.74, 6) is 2.83. The molecule has 0 aromatic heterocycles. The predicted molar refractivity (Wildman–Crippen MR) is 85.8 cm³/mol. The van der Waals surface area contributed by atoms with Gasteiger partial charge in [0.2, 0.25) is 0 Å². The monoisotopic (exact) mass is 421 g/mol. The fourth-order valence-electron chi connectivity index (χ4n) is 0.487. The van der Waals surface area contributed by atoms with Crippen molar-refractivity contribution in [2.75, 3.05) is 27.4 Å². The largest absolute Gasteiger partial charge is 3.00 e. The van der Waals surface area contributed by atoms with Crippen molar-refractivity contribution in [1.82, 2.24) is 0 Å². The summed E-state index contributed by atoms with van der Waals surface area (Å²) in [5, 5.41) is 0. The quantitative estimate of drug-likeness (QED) is 0.494. The van der Waals surface area contributed by atoms with Gasteiger partial charge in [-0.05, 0) is 32.1 Å². The fraction of sp³-hybridized carbons (Fsp3) is 0.588. The first kappa shape index (κ1) is 29.3. The van der Waals surface area contributed by atoms with E-state index in [9.17, 15) is 0 Å². The van der Waals surface area contributed by atoms with Gasteiger partial charge >= 0.3 is 40.4 Å². The summed E-state index contributed by atoms with van der Waals surface area (Å²) < 4.78 is 9.31. The van der Waals surface area contributed by atoms with Crippen LogP contribution in [0.1, 0.15) is 41.5 Å². The second kappa shape index (κ2) is 28.4. The zero-order chi connectivity index (χ0) is 15.5. The van der Waals surface area contributed by atoms with Crippen LogP contribution in [0.25, 0.3) is 0 Å². The number of hydrogen-bond donors (Lipinski definition) is 0. The summed E-state index contributed by atoms with van der Waals surface area (Å²) in [7, 11) is 3.30. The van der Waals surface area contributed by atoms with Gasteiger partial charge in [0.05, 0.1) is 13.2 Å². The molecule has 0 aromatic rings. The Bertz CT molecular complexity index is 101. The third-order valence-corrected chi connectivity index (χ3v) is 1.05. The number of rotatable bonds is 3. The Morgan fingerprint density at radius 1 is 0.600 bits per heavy atom. The third kappa shape index (κ3) is 74.9. The van der Waals surface area contributed by atoms with Crippen LogP contribution in [0.3, 0.4) is 0 Å². The van der Waals surface area contributed by atoms with Gasteiger partial charge in [-0.1, -0.05) is 0 Å². The topological polar surface area (TPSA) is 18.5 Å². The van der Waals surface area contributed by atoms with Crippen LogP contribution in [0.2, 0.25) is 0 Å². The Morgan fingerprint density at radius 2 is 0.750 bits per heavy atom. The normalized spacial score (nSPS) is 12.3. The van der Waals surface area contributed by atoms with E-state index in [0.717, 1.165) is 0 Å². The fourth-order valence-corrected chi connectivity index (χ4v) is 0.487. The minimum absolute atomic E-state index is 0. The molecule has 1 aliphatic carbocycles. The summed E-state index contributed by atoms with van der Waals surface area (Å²) in [6, 6.07) is 0. The molecule has 0 N–H and O–H groups in total. The van der Waals surface area contributed by atoms with Crippen molar-refractivity contribution in [3.05, 3.63) is 43.9 Å². The molecule has 6 radical (unpaired) electrons. The molecule has 0 atom stereocenters. The van der Waals surface area contributed by atoms with E-state index in [1.165, 1.54) is 11.8 Å². The van der Waals surface area contributed by atoms with Crippen molar-refractivity contribution in [2.45, 2.75) is 41.5 Å². The first-order valence-corrected chi connectivity index (χ1v) is 6.56. The van der Waals surface area contributed by atoms with Crippen molar-refractivity contribution in [3.8, 4) is 0 Å². The van der Waals surface area contributed by atoms with Crippen LogP contribution in [0.15, 0.2) is 0 Å². The molecule has 0 aromatic carbocycles. The Balaban J connectivity index is -0.0000000852. The molecule has 0 heterocycles. The van der Waals surface area contributed by atoms with Gasteiger partial charge < -0.3 is 21.3 Å². The molecule has 0 saturated heterocycles. The molecule has 0 spiro atoms. The average Bonchev–Trinajstić information content (AvgIpc) is 2.83. The van der Waals surface area contributed by atoms with E-state index in [2.05, 4.69) is 51.0 Å². The molecule has 0 bridgehead atoms. The number of methoxy groups -OCH3 is 2. The van der Waals surface area contributed by atoms with Crippen LogP contribution in [0.5, 0.6) is 0 Å². The molecule has 1 aliphatic rings. The molecule has 3 heteroatoms. The molecule has 1 fully saturated rings. The Morgan fingerprint density at radius 3 is 0.850 bits per heavy atom. The number of hydrogen-bond acceptors (Lipinski definition) is 2. The van der Waals surface area contributed by atoms with Gasteiger partial charge in [-0.15, -0.1) is 0 Å². The van der Waals surface area contributed by atoms with Gasteiger partial charge in [-0.25, -0.2) is 0 Å². The number of ether oxygens (including phenoxy) is 2. The minimum atomic E-state index is 0. The zero-order valence-corrected chi connectivity index (χ0v) is 17.1. The van der Waals surface area contributed by atoms with E-state index in [1.807, 2.05) is 32.1 Å². The second-order valence-corrected chi connectivity index (χ2v) is 4.95. The van der Waals surface area contributed by atoms with Crippen molar-refractivity contribution in [1.29, 1.82) is 0 Å². The molecule has 20 heavy (non-hydrogen) atoms. The average molecular weight is 420 g/mol. The van der Waals surface area contributed by atoms with Crippen molar-refractivity contribution >= 4 is 0 Å². The van der Waals surface area contributed by atoms with Gasteiger partial charge in [0.15, 0.2) is 0 Å². The van der Waals surface area contributed by atoms with E-state index < -0.39 is 0 Å². The van der Waals surface area contributed by atoms with E-state index in [4.69, 9.17) is 0 Å². The van der Waals surface area contributed by atoms with Crippen LogP contribution in [-0.4, -0.2) is 27.4 Å². The molecule has 118 valence electrons. The van der Waals surface area contributed by atoms with Crippen LogP contribution in [0, 0.1) is 84.3 Å². The summed E-state index contributed by atoms with van der Waals surface area (Å²) in [5.41, 5.74) is 0. The maximum Gasteiger partial charge on any atom is 3.00 e. The molecule has 0 unspecified atom stereocenters. The van der Waals surface area contributed by atoms with E-state index in [0.29, 0.717) is 13.2 Å². The van der Waals surface area contributed by atoms with Gasteiger partial charge in [0, 0.05) is 14.2 Å². The standard InChI is InChI=1S/C5H5.C4H10O2.2C4H9.Sm/c1-2-4-5-3-1;1-5-3-4-6-2;2*1-4(2)3;/h1-5H;3-4H2,1-2H3;2*1-3H3;/q;;2*-1;+3. The molecule has 2 nitrogen and oxygen atoms in total. The van der Waals surface area contributed by atoms with Crippen molar-refractivity contribution in [2.24, 2.45) is 0 Å². The second-order valence-electron chi connectivity index (χ2n) is 4.95. The predicted octanol–water partition coefficient (Wildman–Crippen LogP) is 4.54. The van der Waals surface area contributed by atoms with Gasteiger partial charge in [-0.3, -0.25) is 0 Å².